The molecule has 0 fully saturated rings. The molecule has 3 N–H and O–H groups in total. The molecule has 6 nitrogen and oxygen atoms in total. The average molecular weight is 387 g/mol. The standard InChI is InChI=1S/C14H24N4O.C2H3BrO/c1-12(2)9-16-17-14(19)11-18(15-3)10-13-7-5-4-6-8-13;3-1-2-4/h4-8,12,15-16H,9-11H2,1-3H3,(H,17,19);2H,1H2. The summed E-state index contributed by atoms with van der Waals surface area (Å²) >= 11 is 2.88. The predicted octanol–water partition coefficient (Wildman–Crippen LogP) is 1.48. The maximum Gasteiger partial charge on any atom is 0.249 e. The highest BCUT2D eigenvalue weighted by Crippen LogP contribution is 2.01. The van der Waals surface area contributed by atoms with Crippen LogP contribution >= 0.6 is 15.9 Å². The van der Waals surface area contributed by atoms with Crippen LogP contribution in [0, 0.1) is 5.92 Å². The number of rotatable bonds is 9. The lowest BCUT2D eigenvalue weighted by molar-refractivity contribution is -0.124. The van der Waals surface area contributed by atoms with Crippen molar-refractivity contribution < 1.29 is 9.59 Å². The van der Waals surface area contributed by atoms with Crippen LogP contribution in [-0.2, 0) is 16.1 Å². The van der Waals surface area contributed by atoms with Crippen molar-refractivity contribution >= 4 is 28.1 Å². The minimum Gasteiger partial charge on any atom is -0.302 e. The first-order valence-electron chi connectivity index (χ1n) is 7.51. The van der Waals surface area contributed by atoms with Gasteiger partial charge >= 0.3 is 0 Å². The summed E-state index contributed by atoms with van der Waals surface area (Å²) in [5.41, 5.74) is 9.81. The third-order valence-corrected chi connectivity index (χ3v) is 2.93. The minimum atomic E-state index is -0.0501. The number of amides is 1. The Morgan fingerprint density at radius 2 is 1.91 bits per heavy atom. The van der Waals surface area contributed by atoms with Crippen LogP contribution in [0.4, 0.5) is 0 Å². The minimum absolute atomic E-state index is 0.0501. The molecule has 0 bridgehead atoms. The van der Waals surface area contributed by atoms with Gasteiger partial charge in [0.2, 0.25) is 5.91 Å². The number of nitrogens with zero attached hydrogens (tertiary/aromatic N) is 1. The van der Waals surface area contributed by atoms with Crippen molar-refractivity contribution in [1.82, 2.24) is 21.3 Å². The summed E-state index contributed by atoms with van der Waals surface area (Å²) in [5.74, 6) is 0.455. The summed E-state index contributed by atoms with van der Waals surface area (Å²) in [4.78, 5) is 20.9. The highest BCUT2D eigenvalue weighted by molar-refractivity contribution is 9.09. The first-order chi connectivity index (χ1) is 11.0. The molecule has 0 aliphatic heterocycles. The van der Waals surface area contributed by atoms with Crippen LogP contribution in [0.2, 0.25) is 0 Å². The molecule has 0 aliphatic rings. The lowest BCUT2D eigenvalue weighted by atomic mass is 10.2. The van der Waals surface area contributed by atoms with E-state index < -0.39 is 0 Å². The van der Waals surface area contributed by atoms with Crippen LogP contribution in [0.25, 0.3) is 0 Å². The van der Waals surface area contributed by atoms with Crippen molar-refractivity contribution in [3.8, 4) is 0 Å². The zero-order valence-corrected chi connectivity index (χ0v) is 15.6. The Bertz CT molecular complexity index is 429. The van der Waals surface area contributed by atoms with E-state index in [0.29, 0.717) is 24.3 Å². The smallest absolute Gasteiger partial charge is 0.249 e. The summed E-state index contributed by atoms with van der Waals surface area (Å²) in [7, 11) is 1.82. The van der Waals surface area contributed by atoms with Crippen LogP contribution in [-0.4, -0.2) is 42.7 Å². The van der Waals surface area contributed by atoms with E-state index in [2.05, 4.69) is 46.1 Å². The van der Waals surface area contributed by atoms with E-state index in [1.54, 1.807) is 0 Å². The molecular formula is C16H27BrN4O2. The fraction of sp³-hybridized carbons (Fsp3) is 0.500. The quantitative estimate of drug-likeness (QED) is 0.340. The van der Waals surface area contributed by atoms with E-state index in [1.807, 2.05) is 42.4 Å². The van der Waals surface area contributed by atoms with E-state index in [4.69, 9.17) is 4.79 Å². The molecule has 0 aliphatic carbocycles. The van der Waals surface area contributed by atoms with Gasteiger partial charge in [-0.1, -0.05) is 60.1 Å². The SMILES string of the molecule is CNN(CC(=O)NNCC(C)C)Cc1ccccc1.O=CCBr. The molecule has 0 saturated carbocycles. The van der Waals surface area contributed by atoms with Crippen molar-refractivity contribution in [1.29, 1.82) is 0 Å². The maximum atomic E-state index is 11.7. The van der Waals surface area contributed by atoms with E-state index in [-0.39, 0.29) is 5.91 Å². The Morgan fingerprint density at radius 1 is 1.30 bits per heavy atom. The number of hydrazine groups is 2. The fourth-order valence-electron chi connectivity index (χ4n) is 1.58. The molecule has 0 saturated heterocycles. The number of hydrogen-bond acceptors (Lipinski definition) is 5. The predicted molar refractivity (Wildman–Crippen MR) is 96.8 cm³/mol. The van der Waals surface area contributed by atoms with Gasteiger partial charge < -0.3 is 4.79 Å². The highest BCUT2D eigenvalue weighted by Gasteiger charge is 2.09. The Kier molecular flexibility index (Phi) is 13.5. The molecule has 1 amide bonds. The highest BCUT2D eigenvalue weighted by atomic mass is 79.9. The third-order valence-electron chi connectivity index (χ3n) is 2.67. The van der Waals surface area contributed by atoms with Gasteiger partial charge in [-0.05, 0) is 18.5 Å². The summed E-state index contributed by atoms with van der Waals surface area (Å²) < 4.78 is 0. The van der Waals surface area contributed by atoms with Gasteiger partial charge in [-0.15, -0.1) is 0 Å². The number of halogens is 1. The summed E-state index contributed by atoms with van der Waals surface area (Å²) in [6, 6.07) is 10.1. The molecule has 1 aromatic carbocycles. The number of hydrogen-bond donors (Lipinski definition) is 3. The van der Waals surface area contributed by atoms with E-state index in [0.717, 1.165) is 12.8 Å². The van der Waals surface area contributed by atoms with Crippen LogP contribution < -0.4 is 16.3 Å². The Morgan fingerprint density at radius 3 is 2.39 bits per heavy atom. The van der Waals surface area contributed by atoms with E-state index >= 15 is 0 Å². The van der Waals surface area contributed by atoms with Crippen molar-refractivity contribution in [3.63, 3.8) is 0 Å². The normalized spacial score (nSPS) is 10.2. The van der Waals surface area contributed by atoms with Crippen molar-refractivity contribution in [2.24, 2.45) is 5.92 Å². The summed E-state index contributed by atoms with van der Waals surface area (Å²) in [6.07, 6.45) is 0.792. The number of aldehydes is 1. The zero-order chi connectivity index (χ0) is 17.5. The van der Waals surface area contributed by atoms with Gasteiger partial charge in [0, 0.05) is 13.1 Å². The van der Waals surface area contributed by atoms with Crippen LogP contribution in [0.3, 0.4) is 0 Å². The number of alkyl halides is 1. The third kappa shape index (κ3) is 12.9. The molecule has 0 unspecified atom stereocenters. The lowest BCUT2D eigenvalue weighted by Crippen LogP contribution is -2.47. The Balaban J connectivity index is 0.00000108. The van der Waals surface area contributed by atoms with Gasteiger partial charge in [0.05, 0.1) is 11.9 Å². The van der Waals surface area contributed by atoms with Crippen LogP contribution in [0.1, 0.15) is 19.4 Å². The van der Waals surface area contributed by atoms with Gasteiger partial charge in [0.15, 0.2) is 0 Å². The second-order valence-corrected chi connectivity index (χ2v) is 5.86. The summed E-state index contributed by atoms with van der Waals surface area (Å²) in [5, 5.41) is 2.31. The zero-order valence-electron chi connectivity index (χ0n) is 14.0. The van der Waals surface area contributed by atoms with Gasteiger partial charge in [-0.2, -0.15) is 0 Å². The molecule has 0 heterocycles. The van der Waals surface area contributed by atoms with Crippen LogP contribution in [0.5, 0.6) is 0 Å². The van der Waals surface area contributed by atoms with E-state index in [1.165, 1.54) is 5.56 Å². The molecule has 0 atom stereocenters. The Labute approximate surface area is 147 Å². The molecule has 0 radical (unpaired) electrons. The molecule has 7 heteroatoms. The topological polar surface area (TPSA) is 73.5 Å². The Hall–Kier alpha value is -1.28. The van der Waals surface area contributed by atoms with Crippen molar-refractivity contribution in [3.05, 3.63) is 35.9 Å². The van der Waals surface area contributed by atoms with Crippen molar-refractivity contribution in [2.75, 3.05) is 25.5 Å². The lowest BCUT2D eigenvalue weighted by Gasteiger charge is -2.20. The van der Waals surface area contributed by atoms with Crippen molar-refractivity contribution in [2.45, 2.75) is 20.4 Å². The second kappa shape index (κ2) is 14.3. The number of benzene rings is 1. The monoisotopic (exact) mass is 386 g/mol. The molecule has 23 heavy (non-hydrogen) atoms. The van der Waals surface area contributed by atoms with E-state index in [9.17, 15) is 4.79 Å². The molecular weight excluding hydrogens is 360 g/mol. The van der Waals surface area contributed by atoms with Crippen LogP contribution in [0.15, 0.2) is 30.3 Å². The molecule has 0 spiro atoms. The first kappa shape index (κ1) is 21.7. The number of carbonyl (C=O) groups is 2. The largest absolute Gasteiger partial charge is 0.302 e. The number of carbonyl (C=O) groups excluding carboxylic acids is 2. The number of nitrogens with one attached hydrogen (secondary N) is 3. The van der Waals surface area contributed by atoms with Gasteiger partial charge in [-0.3, -0.25) is 15.6 Å². The first-order valence-corrected chi connectivity index (χ1v) is 8.63. The summed E-state index contributed by atoms with van der Waals surface area (Å²) in [6.45, 7) is 5.94. The van der Waals surface area contributed by atoms with Gasteiger partial charge in [0.25, 0.3) is 0 Å². The molecule has 1 aromatic rings. The second-order valence-electron chi connectivity index (χ2n) is 5.21. The maximum absolute atomic E-state index is 11.7. The molecule has 130 valence electrons. The average Bonchev–Trinajstić information content (AvgIpc) is 2.55. The molecule has 0 aromatic heterocycles. The van der Waals surface area contributed by atoms with Gasteiger partial charge in [-0.25, -0.2) is 10.4 Å². The fourth-order valence-corrected chi connectivity index (χ4v) is 1.58. The van der Waals surface area contributed by atoms with Gasteiger partial charge in [0.1, 0.15) is 6.29 Å². The molecule has 1 rings (SSSR count).